The molecule has 6 rings (SSSR count). The molecule has 0 fully saturated rings. The molecule has 13 heteroatoms. The minimum absolute atomic E-state index is 1.01. The Balaban J connectivity index is 0.000000155. The fourth-order valence-electron chi connectivity index (χ4n) is 3.48. The zero-order valence-electron chi connectivity index (χ0n) is 20.5. The van der Waals surface area contributed by atoms with E-state index in [1.807, 2.05) is 142 Å². The van der Waals surface area contributed by atoms with Crippen molar-refractivity contribution in [2.45, 2.75) is 0 Å². The van der Waals surface area contributed by atoms with E-state index in [0.717, 1.165) is 22.7 Å². The second-order valence-corrected chi connectivity index (χ2v) is 9.94. The number of anilines is 4. The monoisotopic (exact) mass is 562 g/mol. The fraction of sp³-hybridized carbons (Fsp3) is 0. The van der Waals surface area contributed by atoms with E-state index in [1.54, 1.807) is 12.7 Å². The highest BCUT2D eigenvalue weighted by Crippen LogP contribution is 2.23. The summed E-state index contributed by atoms with van der Waals surface area (Å²) in [6.45, 7) is 0. The molecule has 0 bridgehead atoms. The smallest absolute Gasteiger partial charge is 0.263 e. The lowest BCUT2D eigenvalue weighted by atomic mass is 10.3. The van der Waals surface area contributed by atoms with Crippen LogP contribution in [-0.2, 0) is 20.2 Å². The van der Waals surface area contributed by atoms with E-state index in [9.17, 15) is 0 Å². The van der Waals surface area contributed by atoms with Gasteiger partial charge in [-0.2, -0.15) is 24.7 Å². The van der Waals surface area contributed by atoms with Gasteiger partial charge in [0.2, 0.25) is 0 Å². The van der Waals surface area contributed by atoms with Crippen LogP contribution in [0.3, 0.4) is 0 Å². The number of hydrogen-bond donors (Lipinski definition) is 4. The number of benzene rings is 4. The molecule has 4 N–H and O–H groups in total. The van der Waals surface area contributed by atoms with Gasteiger partial charge in [0, 0.05) is 11.2 Å². The van der Waals surface area contributed by atoms with Gasteiger partial charge in [0.25, 0.3) is 9.05 Å². The van der Waals surface area contributed by atoms with Gasteiger partial charge in [-0.15, -0.1) is 10.2 Å². The molecule has 2 heterocycles. The molecule has 0 radical (unpaired) electrons. The minimum atomic E-state index is -3.83. The van der Waals surface area contributed by atoms with Gasteiger partial charge in [-0.1, -0.05) is 72.8 Å². The van der Waals surface area contributed by atoms with Crippen LogP contribution in [0.2, 0.25) is 0 Å². The van der Waals surface area contributed by atoms with E-state index in [-0.39, 0.29) is 0 Å². The van der Waals surface area contributed by atoms with Crippen LogP contribution < -0.4 is 31.3 Å². The van der Waals surface area contributed by atoms with E-state index >= 15 is 0 Å². The first kappa shape index (κ1) is 27.3. The molecular formula is C26H26N8O3S2. The molecule has 0 aromatic heterocycles. The maximum absolute atomic E-state index is 9.11. The van der Waals surface area contributed by atoms with Crippen LogP contribution in [0.25, 0.3) is 0 Å². The minimum Gasteiger partial charge on any atom is -0.285 e. The number of nitrogens with one attached hydrogen (secondary N) is 2. The summed E-state index contributed by atoms with van der Waals surface area (Å²) in [4.78, 5) is 0. The molecule has 0 amide bonds. The van der Waals surface area contributed by atoms with Crippen molar-refractivity contribution in [1.82, 2.24) is 10.9 Å². The van der Waals surface area contributed by atoms with Gasteiger partial charge in [-0.3, -0.25) is 20.0 Å². The molecule has 0 saturated carbocycles. The van der Waals surface area contributed by atoms with Crippen LogP contribution in [0.5, 0.6) is 0 Å². The lowest BCUT2D eigenvalue weighted by molar-refractivity contribution is 0.450. The number of hydrazone groups is 2. The third-order valence-corrected chi connectivity index (χ3v) is 5.05. The Bertz CT molecular complexity index is 1360. The van der Waals surface area contributed by atoms with Crippen molar-refractivity contribution in [3.63, 3.8) is 0 Å². The van der Waals surface area contributed by atoms with Crippen molar-refractivity contribution in [2.24, 2.45) is 10.2 Å². The highest BCUT2D eigenvalue weighted by Gasteiger charge is 2.20. The van der Waals surface area contributed by atoms with Crippen molar-refractivity contribution >= 4 is 55.7 Å². The predicted octanol–water partition coefficient (Wildman–Crippen LogP) is 4.43. The summed E-state index contributed by atoms with van der Waals surface area (Å²) in [5, 5.41) is 16.0. The second kappa shape index (κ2) is 13.2. The number of para-hydroxylation sites is 4. The number of rotatable bonds is 4. The van der Waals surface area contributed by atoms with E-state index in [4.69, 9.17) is 13.3 Å². The van der Waals surface area contributed by atoms with Crippen molar-refractivity contribution in [2.75, 3.05) is 20.5 Å². The first-order valence-electron chi connectivity index (χ1n) is 11.6. The Labute approximate surface area is 231 Å². The standard InChI is InChI=1S/2C13H12N4.H2O3S2/c2*1-3-7-12(8-4-1)16-14-11-15-17(16)13-9-5-2-6-10-13;1-5(2,3)4/h2*1-11H,(H,14,15);(H2,1,2,3,4). The second-order valence-electron chi connectivity index (χ2n) is 7.74. The Hall–Kier alpha value is -4.69. The molecule has 39 heavy (non-hydrogen) atoms. The Morgan fingerprint density at radius 1 is 0.538 bits per heavy atom. The van der Waals surface area contributed by atoms with Crippen LogP contribution in [-0.4, -0.2) is 26.0 Å². The summed E-state index contributed by atoms with van der Waals surface area (Å²) in [7, 11) is -3.83. The maximum Gasteiger partial charge on any atom is 0.263 e. The Morgan fingerprint density at radius 2 is 0.795 bits per heavy atom. The highest BCUT2D eigenvalue weighted by molar-refractivity contribution is 8.26. The van der Waals surface area contributed by atoms with Crippen LogP contribution in [0, 0.1) is 0 Å². The van der Waals surface area contributed by atoms with E-state index in [2.05, 4.69) is 32.2 Å². The summed E-state index contributed by atoms with van der Waals surface area (Å²) < 4.78 is 24.0. The van der Waals surface area contributed by atoms with Crippen LogP contribution >= 0.6 is 0 Å². The quantitative estimate of drug-likeness (QED) is 0.284. The highest BCUT2D eigenvalue weighted by atomic mass is 32.9. The SMILES string of the molecule is C1=NN(c2ccccc2)N(c2ccccc2)N1.C1=NN(c2ccccc2)N(c2ccccc2)N1.O=S(O)(O)=S. The van der Waals surface area contributed by atoms with Gasteiger partial charge < -0.3 is 0 Å². The van der Waals surface area contributed by atoms with Gasteiger partial charge in [0.1, 0.15) is 12.7 Å². The first-order valence-corrected chi connectivity index (χ1v) is 14.0. The third kappa shape index (κ3) is 8.15. The molecular weight excluding hydrogens is 536 g/mol. The van der Waals surface area contributed by atoms with Gasteiger partial charge >= 0.3 is 0 Å². The average Bonchev–Trinajstić information content (AvgIpc) is 3.65. The van der Waals surface area contributed by atoms with Crippen molar-refractivity contribution in [1.29, 1.82) is 0 Å². The molecule has 0 spiro atoms. The summed E-state index contributed by atoms with van der Waals surface area (Å²) in [6.07, 6.45) is 3.33. The number of hydrazine groups is 4. The summed E-state index contributed by atoms with van der Waals surface area (Å²) in [5.74, 6) is 0. The summed E-state index contributed by atoms with van der Waals surface area (Å²) >= 11 is 3.47. The molecule has 0 aliphatic carbocycles. The summed E-state index contributed by atoms with van der Waals surface area (Å²) in [5.41, 5.74) is 10.3. The maximum atomic E-state index is 9.11. The zero-order chi connectivity index (χ0) is 27.5. The zero-order valence-corrected chi connectivity index (χ0v) is 22.1. The van der Waals surface area contributed by atoms with Gasteiger partial charge in [-0.05, 0) is 48.5 Å². The molecule has 2 aliphatic rings. The van der Waals surface area contributed by atoms with Gasteiger partial charge in [0.05, 0.1) is 22.7 Å². The fourth-order valence-corrected chi connectivity index (χ4v) is 3.48. The number of nitrogens with zero attached hydrogens (tertiary/aromatic N) is 6. The first-order chi connectivity index (χ1) is 18.9. The molecule has 2 aliphatic heterocycles. The Kier molecular flexibility index (Phi) is 9.26. The van der Waals surface area contributed by atoms with Crippen LogP contribution in [0.1, 0.15) is 0 Å². The Morgan fingerprint density at radius 3 is 1.08 bits per heavy atom. The van der Waals surface area contributed by atoms with Crippen LogP contribution in [0.4, 0.5) is 22.7 Å². The van der Waals surface area contributed by atoms with E-state index in [1.165, 1.54) is 0 Å². The third-order valence-electron chi connectivity index (χ3n) is 5.05. The molecule has 4 aromatic carbocycles. The largest absolute Gasteiger partial charge is 0.285 e. The molecule has 0 unspecified atom stereocenters. The van der Waals surface area contributed by atoms with E-state index in [0.29, 0.717) is 0 Å². The van der Waals surface area contributed by atoms with Crippen molar-refractivity contribution in [3.8, 4) is 0 Å². The lowest BCUT2D eigenvalue weighted by Gasteiger charge is -2.27. The topological polar surface area (TPSA) is 119 Å². The van der Waals surface area contributed by atoms with Crippen molar-refractivity contribution in [3.05, 3.63) is 121 Å². The molecule has 0 atom stereocenters. The predicted molar refractivity (Wildman–Crippen MR) is 160 cm³/mol. The molecule has 200 valence electrons. The lowest BCUT2D eigenvalue weighted by Crippen LogP contribution is -2.42. The van der Waals surface area contributed by atoms with Gasteiger partial charge in [-0.25, -0.2) is 0 Å². The molecule has 4 aromatic rings. The number of hydrogen-bond acceptors (Lipinski definition) is 10. The van der Waals surface area contributed by atoms with Crippen molar-refractivity contribution < 1.29 is 13.3 Å². The molecule has 11 nitrogen and oxygen atoms in total. The average molecular weight is 563 g/mol. The van der Waals surface area contributed by atoms with E-state index < -0.39 is 9.05 Å². The summed E-state index contributed by atoms with van der Waals surface area (Å²) in [6, 6.07) is 40.1. The van der Waals surface area contributed by atoms with Crippen LogP contribution in [0.15, 0.2) is 132 Å². The molecule has 0 saturated heterocycles. The van der Waals surface area contributed by atoms with Gasteiger partial charge in [0.15, 0.2) is 0 Å². The normalized spacial score (nSPS) is 13.6.